The van der Waals surface area contributed by atoms with Gasteiger partial charge in [0.1, 0.15) is 0 Å². The summed E-state index contributed by atoms with van der Waals surface area (Å²) in [4.78, 5) is 12.0. The smallest absolute Gasteiger partial charge is 0.251 e. The van der Waals surface area contributed by atoms with E-state index in [9.17, 15) is 4.79 Å². The Morgan fingerprint density at radius 3 is 3.00 bits per heavy atom. The molecule has 3 rings (SSSR count). The molecule has 1 aromatic rings. The number of benzene rings is 1. The molecule has 0 aliphatic carbocycles. The van der Waals surface area contributed by atoms with Crippen molar-refractivity contribution in [2.45, 2.75) is 57.4 Å². The van der Waals surface area contributed by atoms with Crippen molar-refractivity contribution in [3.8, 4) is 0 Å². The Bertz CT molecular complexity index is 503. The van der Waals surface area contributed by atoms with Gasteiger partial charge in [-0.15, -0.1) is 0 Å². The number of rotatable bonds is 6. The maximum Gasteiger partial charge on any atom is 0.251 e. The molecule has 21 heavy (non-hydrogen) atoms. The number of nitrogens with one attached hydrogen (secondary N) is 2. The zero-order valence-electron chi connectivity index (χ0n) is 12.6. The molecule has 0 aromatic heterocycles. The molecule has 1 amide bonds. The number of hydrogen-bond acceptors (Lipinski definition) is 3. The monoisotopic (exact) mass is 288 g/mol. The zero-order valence-corrected chi connectivity index (χ0v) is 12.6. The van der Waals surface area contributed by atoms with E-state index in [4.69, 9.17) is 4.74 Å². The molecule has 3 atom stereocenters. The molecule has 2 heterocycles. The van der Waals surface area contributed by atoms with Gasteiger partial charge < -0.3 is 15.4 Å². The number of fused-ring (bicyclic) bond motifs is 2. The van der Waals surface area contributed by atoms with Gasteiger partial charge in [-0.1, -0.05) is 19.1 Å². The first kappa shape index (κ1) is 14.5. The number of hydrogen-bond donors (Lipinski definition) is 2. The van der Waals surface area contributed by atoms with Crippen LogP contribution in [0.1, 0.15) is 48.5 Å². The van der Waals surface area contributed by atoms with Gasteiger partial charge >= 0.3 is 0 Å². The Morgan fingerprint density at radius 1 is 1.38 bits per heavy atom. The lowest BCUT2D eigenvalue weighted by molar-refractivity contribution is 0.0952. The number of carbonyl (C=O) groups is 1. The standard InChI is InChI=1S/C17H24N2O2/c1-2-8-18-17(20)13-5-3-4-12(9-13)11-19-15-10-14-6-7-16(15)21-14/h3-5,9,14-16,19H,2,6-8,10-11H2,1H3,(H,18,20). The minimum atomic E-state index is 0.0157. The summed E-state index contributed by atoms with van der Waals surface area (Å²) >= 11 is 0. The van der Waals surface area contributed by atoms with Gasteiger partial charge in [0.15, 0.2) is 0 Å². The fraction of sp³-hybridized carbons (Fsp3) is 0.588. The predicted molar refractivity (Wildman–Crippen MR) is 82.2 cm³/mol. The number of amides is 1. The molecule has 2 bridgehead atoms. The van der Waals surface area contributed by atoms with Crippen molar-refractivity contribution in [1.82, 2.24) is 10.6 Å². The molecule has 0 spiro atoms. The van der Waals surface area contributed by atoms with Crippen LogP contribution in [0.2, 0.25) is 0 Å². The summed E-state index contributed by atoms with van der Waals surface area (Å²) in [5.74, 6) is 0.0157. The van der Waals surface area contributed by atoms with Crippen LogP contribution < -0.4 is 10.6 Å². The molecular formula is C17H24N2O2. The van der Waals surface area contributed by atoms with Crippen LogP contribution in [0.25, 0.3) is 0 Å². The van der Waals surface area contributed by atoms with Crippen LogP contribution in [0.4, 0.5) is 0 Å². The third-order valence-electron chi connectivity index (χ3n) is 4.40. The van der Waals surface area contributed by atoms with Crippen LogP contribution in [0, 0.1) is 0 Å². The molecule has 4 nitrogen and oxygen atoms in total. The second-order valence-electron chi connectivity index (χ2n) is 6.05. The van der Waals surface area contributed by atoms with Crippen LogP contribution >= 0.6 is 0 Å². The van der Waals surface area contributed by atoms with E-state index in [0.717, 1.165) is 37.1 Å². The second-order valence-corrected chi connectivity index (χ2v) is 6.05. The molecule has 2 aliphatic rings. The first-order chi connectivity index (χ1) is 10.3. The van der Waals surface area contributed by atoms with Gasteiger partial charge in [-0.2, -0.15) is 0 Å². The van der Waals surface area contributed by atoms with Gasteiger partial charge in [-0.3, -0.25) is 4.79 Å². The number of carbonyl (C=O) groups excluding carboxylic acids is 1. The van der Waals surface area contributed by atoms with Crippen LogP contribution in [0.15, 0.2) is 24.3 Å². The van der Waals surface area contributed by atoms with E-state index in [1.54, 1.807) is 0 Å². The quantitative estimate of drug-likeness (QED) is 0.844. The minimum Gasteiger partial charge on any atom is -0.373 e. The summed E-state index contributed by atoms with van der Waals surface area (Å²) in [6.45, 7) is 3.58. The number of ether oxygens (including phenoxy) is 1. The van der Waals surface area contributed by atoms with Crippen molar-refractivity contribution < 1.29 is 9.53 Å². The summed E-state index contributed by atoms with van der Waals surface area (Å²) in [6, 6.07) is 8.34. The highest BCUT2D eigenvalue weighted by molar-refractivity contribution is 5.94. The predicted octanol–water partition coefficient (Wildman–Crippen LogP) is 2.24. The fourth-order valence-corrected chi connectivity index (χ4v) is 3.26. The second kappa shape index (κ2) is 6.58. The fourth-order valence-electron chi connectivity index (χ4n) is 3.26. The van der Waals surface area contributed by atoms with E-state index in [1.807, 2.05) is 18.2 Å². The average Bonchev–Trinajstić information content (AvgIpc) is 3.13. The van der Waals surface area contributed by atoms with Crippen LogP contribution in [-0.2, 0) is 11.3 Å². The van der Waals surface area contributed by atoms with E-state index in [0.29, 0.717) is 18.2 Å². The Balaban J connectivity index is 1.55. The van der Waals surface area contributed by atoms with Crippen molar-refractivity contribution in [3.63, 3.8) is 0 Å². The van der Waals surface area contributed by atoms with Crippen molar-refractivity contribution in [2.24, 2.45) is 0 Å². The summed E-state index contributed by atoms with van der Waals surface area (Å²) in [5.41, 5.74) is 1.90. The highest BCUT2D eigenvalue weighted by Gasteiger charge is 2.40. The molecule has 0 saturated carbocycles. The molecule has 2 aliphatic heterocycles. The van der Waals surface area contributed by atoms with Gasteiger partial charge in [0.05, 0.1) is 12.2 Å². The molecule has 2 N–H and O–H groups in total. The maximum absolute atomic E-state index is 12.0. The summed E-state index contributed by atoms with van der Waals surface area (Å²) in [7, 11) is 0. The van der Waals surface area contributed by atoms with Crippen LogP contribution in [-0.4, -0.2) is 30.7 Å². The molecule has 2 saturated heterocycles. The summed E-state index contributed by atoms with van der Waals surface area (Å²) < 4.78 is 5.85. The normalized spacial score (nSPS) is 27.0. The largest absolute Gasteiger partial charge is 0.373 e. The SMILES string of the molecule is CCCNC(=O)c1cccc(CNC2CC3CCC2O3)c1. The molecule has 0 radical (unpaired) electrons. The summed E-state index contributed by atoms with van der Waals surface area (Å²) in [5, 5.41) is 6.50. The Hall–Kier alpha value is -1.39. The lowest BCUT2D eigenvalue weighted by Crippen LogP contribution is -2.37. The molecule has 3 unspecified atom stereocenters. The van der Waals surface area contributed by atoms with E-state index in [2.05, 4.69) is 23.6 Å². The maximum atomic E-state index is 12.0. The first-order valence-corrected chi connectivity index (χ1v) is 8.02. The van der Waals surface area contributed by atoms with E-state index < -0.39 is 0 Å². The first-order valence-electron chi connectivity index (χ1n) is 8.02. The molecular weight excluding hydrogens is 264 g/mol. The Labute approximate surface area is 126 Å². The third kappa shape index (κ3) is 3.44. The lowest BCUT2D eigenvalue weighted by Gasteiger charge is -2.20. The van der Waals surface area contributed by atoms with E-state index in [1.165, 1.54) is 12.8 Å². The van der Waals surface area contributed by atoms with E-state index in [-0.39, 0.29) is 5.91 Å². The molecule has 1 aromatic carbocycles. The zero-order chi connectivity index (χ0) is 14.7. The highest BCUT2D eigenvalue weighted by Crippen LogP contribution is 2.34. The molecule has 114 valence electrons. The van der Waals surface area contributed by atoms with Gasteiger partial charge in [0.25, 0.3) is 5.91 Å². The van der Waals surface area contributed by atoms with Crippen molar-refractivity contribution in [2.75, 3.05) is 6.54 Å². The molecule has 2 fully saturated rings. The van der Waals surface area contributed by atoms with Gasteiger partial charge in [-0.25, -0.2) is 0 Å². The third-order valence-corrected chi connectivity index (χ3v) is 4.40. The summed E-state index contributed by atoms with van der Waals surface area (Å²) in [6.07, 6.45) is 5.35. The van der Waals surface area contributed by atoms with Crippen molar-refractivity contribution in [1.29, 1.82) is 0 Å². The van der Waals surface area contributed by atoms with Crippen molar-refractivity contribution in [3.05, 3.63) is 35.4 Å². The van der Waals surface area contributed by atoms with Gasteiger partial charge in [0, 0.05) is 24.7 Å². The minimum absolute atomic E-state index is 0.0157. The topological polar surface area (TPSA) is 50.4 Å². The Kier molecular flexibility index (Phi) is 4.56. The molecule has 4 heteroatoms. The van der Waals surface area contributed by atoms with Crippen molar-refractivity contribution >= 4 is 5.91 Å². The average molecular weight is 288 g/mol. The highest BCUT2D eigenvalue weighted by atomic mass is 16.5. The van der Waals surface area contributed by atoms with Crippen LogP contribution in [0.5, 0.6) is 0 Å². The van der Waals surface area contributed by atoms with Crippen LogP contribution in [0.3, 0.4) is 0 Å². The lowest BCUT2D eigenvalue weighted by atomic mass is 9.95. The van der Waals surface area contributed by atoms with E-state index >= 15 is 0 Å². The van der Waals surface area contributed by atoms with Gasteiger partial charge in [0.2, 0.25) is 0 Å². The van der Waals surface area contributed by atoms with Gasteiger partial charge in [-0.05, 0) is 43.4 Å². The Morgan fingerprint density at radius 2 is 2.29 bits per heavy atom.